The lowest BCUT2D eigenvalue weighted by molar-refractivity contribution is 0.171. The third-order valence-electron chi connectivity index (χ3n) is 4.56. The monoisotopic (exact) mass is 360 g/mol. The fourth-order valence-corrected chi connectivity index (χ4v) is 3.32. The first-order chi connectivity index (χ1) is 13.2. The molecule has 134 valence electrons. The molecule has 3 aromatic heterocycles. The lowest BCUT2D eigenvalue weighted by atomic mass is 10.1. The minimum Gasteiger partial charge on any atom is -0.486 e. The molecule has 0 aliphatic carbocycles. The van der Waals surface area contributed by atoms with Crippen LogP contribution >= 0.6 is 0 Å². The van der Waals surface area contributed by atoms with E-state index in [1.165, 1.54) is 10.6 Å². The topological polar surface area (TPSA) is 81.5 Å². The van der Waals surface area contributed by atoms with E-state index in [1.54, 1.807) is 6.20 Å². The quantitative estimate of drug-likeness (QED) is 0.594. The number of fused-ring (bicyclic) bond motifs is 2. The predicted molar refractivity (Wildman–Crippen MR) is 100 cm³/mol. The number of nitrogens with zero attached hydrogens (tertiary/aromatic N) is 3. The number of nitrogens with one attached hydrogen (secondary N) is 1. The highest BCUT2D eigenvalue weighted by Crippen LogP contribution is 2.34. The SMILES string of the molecule is Cc1[nH]n2c(=O)cc(-c3ccc4c(c3)OCCO4)nc2c1-c1ccccn1. The number of pyridine rings is 1. The maximum absolute atomic E-state index is 12.7. The molecule has 1 aromatic carbocycles. The molecule has 0 radical (unpaired) electrons. The zero-order valence-corrected chi connectivity index (χ0v) is 14.6. The van der Waals surface area contributed by atoms with E-state index in [-0.39, 0.29) is 5.56 Å². The number of rotatable bonds is 2. The van der Waals surface area contributed by atoms with Gasteiger partial charge in [-0.05, 0) is 37.3 Å². The molecular formula is C20H16N4O3. The van der Waals surface area contributed by atoms with E-state index in [0.717, 1.165) is 22.5 Å². The number of aromatic amines is 1. The summed E-state index contributed by atoms with van der Waals surface area (Å²) in [6.07, 6.45) is 1.72. The summed E-state index contributed by atoms with van der Waals surface area (Å²) in [7, 11) is 0. The van der Waals surface area contributed by atoms with Crippen molar-refractivity contribution in [3.05, 3.63) is 64.7 Å². The van der Waals surface area contributed by atoms with Gasteiger partial charge in [-0.3, -0.25) is 14.9 Å². The lowest BCUT2D eigenvalue weighted by Gasteiger charge is -2.18. The molecule has 7 nitrogen and oxygen atoms in total. The number of ether oxygens (including phenoxy) is 2. The number of hydrogen-bond acceptors (Lipinski definition) is 5. The van der Waals surface area contributed by atoms with Crippen LogP contribution in [-0.2, 0) is 0 Å². The summed E-state index contributed by atoms with van der Waals surface area (Å²) >= 11 is 0. The van der Waals surface area contributed by atoms with Gasteiger partial charge in [-0.15, -0.1) is 0 Å². The molecule has 1 aliphatic rings. The zero-order chi connectivity index (χ0) is 18.4. The third-order valence-corrected chi connectivity index (χ3v) is 4.56. The van der Waals surface area contributed by atoms with Crippen molar-refractivity contribution >= 4 is 5.65 Å². The van der Waals surface area contributed by atoms with E-state index in [4.69, 9.17) is 14.5 Å². The number of aromatic nitrogens is 4. The molecule has 5 rings (SSSR count). The standard InChI is InChI=1S/C20H16N4O3/c1-12-19(14-4-2-3-7-21-14)20-22-15(11-18(25)24(20)23-12)13-5-6-16-17(10-13)27-9-8-26-16/h2-7,10-11,23H,8-9H2,1H3. The van der Waals surface area contributed by atoms with E-state index in [2.05, 4.69) is 10.1 Å². The van der Waals surface area contributed by atoms with Crippen molar-refractivity contribution in [2.24, 2.45) is 0 Å². The minimum atomic E-state index is -0.185. The van der Waals surface area contributed by atoms with Gasteiger partial charge in [0.05, 0.1) is 17.0 Å². The molecule has 0 unspecified atom stereocenters. The minimum absolute atomic E-state index is 0.185. The highest BCUT2D eigenvalue weighted by atomic mass is 16.6. The average Bonchev–Trinajstić information content (AvgIpc) is 3.05. The summed E-state index contributed by atoms with van der Waals surface area (Å²) in [5, 5.41) is 3.08. The van der Waals surface area contributed by atoms with Crippen molar-refractivity contribution in [2.45, 2.75) is 6.92 Å². The summed E-state index contributed by atoms with van der Waals surface area (Å²) in [5.41, 5.74) is 4.14. The Morgan fingerprint density at radius 1 is 1.04 bits per heavy atom. The molecule has 0 saturated heterocycles. The van der Waals surface area contributed by atoms with Gasteiger partial charge in [0, 0.05) is 23.5 Å². The number of hydrogen-bond donors (Lipinski definition) is 1. The van der Waals surface area contributed by atoms with Gasteiger partial charge in [-0.2, -0.15) is 0 Å². The fraction of sp³-hybridized carbons (Fsp3) is 0.150. The highest BCUT2D eigenvalue weighted by molar-refractivity contribution is 5.79. The Bertz CT molecular complexity index is 1210. The Morgan fingerprint density at radius 2 is 1.89 bits per heavy atom. The first kappa shape index (κ1) is 15.6. The van der Waals surface area contributed by atoms with E-state index in [1.807, 2.05) is 43.3 Å². The zero-order valence-electron chi connectivity index (χ0n) is 14.6. The third kappa shape index (κ3) is 2.55. The van der Waals surface area contributed by atoms with Crippen molar-refractivity contribution in [3.63, 3.8) is 0 Å². The summed E-state index contributed by atoms with van der Waals surface area (Å²) in [6, 6.07) is 12.8. The summed E-state index contributed by atoms with van der Waals surface area (Å²) in [5.74, 6) is 1.37. The van der Waals surface area contributed by atoms with Crippen LogP contribution in [0.5, 0.6) is 11.5 Å². The van der Waals surface area contributed by atoms with Crippen LogP contribution in [0.25, 0.3) is 28.2 Å². The molecule has 0 amide bonds. The molecule has 1 N–H and O–H groups in total. The highest BCUT2D eigenvalue weighted by Gasteiger charge is 2.18. The Morgan fingerprint density at radius 3 is 2.70 bits per heavy atom. The van der Waals surface area contributed by atoms with Gasteiger partial charge >= 0.3 is 0 Å². The second-order valence-corrected chi connectivity index (χ2v) is 6.32. The van der Waals surface area contributed by atoms with Crippen molar-refractivity contribution in [1.29, 1.82) is 0 Å². The molecule has 4 heterocycles. The molecule has 0 fully saturated rings. The smallest absolute Gasteiger partial charge is 0.273 e. The lowest BCUT2D eigenvalue weighted by Crippen LogP contribution is -2.16. The van der Waals surface area contributed by atoms with Crippen LogP contribution in [0, 0.1) is 6.92 Å². The molecule has 0 saturated carbocycles. The Kier molecular flexibility index (Phi) is 3.46. The fourth-order valence-electron chi connectivity index (χ4n) is 3.32. The van der Waals surface area contributed by atoms with Gasteiger partial charge in [0.25, 0.3) is 5.56 Å². The van der Waals surface area contributed by atoms with Crippen LogP contribution in [0.2, 0.25) is 0 Å². The van der Waals surface area contributed by atoms with Crippen LogP contribution in [0.4, 0.5) is 0 Å². The maximum Gasteiger partial charge on any atom is 0.273 e. The molecule has 4 aromatic rings. The summed E-state index contributed by atoms with van der Waals surface area (Å²) in [4.78, 5) is 21.8. The van der Waals surface area contributed by atoms with Gasteiger partial charge in [0.1, 0.15) is 13.2 Å². The van der Waals surface area contributed by atoms with E-state index >= 15 is 0 Å². The average molecular weight is 360 g/mol. The first-order valence-electron chi connectivity index (χ1n) is 8.64. The van der Waals surface area contributed by atoms with Gasteiger partial charge in [0.2, 0.25) is 0 Å². The van der Waals surface area contributed by atoms with Crippen molar-refractivity contribution in [3.8, 4) is 34.0 Å². The van der Waals surface area contributed by atoms with Crippen LogP contribution in [0.15, 0.2) is 53.5 Å². The number of aryl methyl sites for hydroxylation is 1. The molecule has 7 heteroatoms. The van der Waals surface area contributed by atoms with E-state index in [9.17, 15) is 4.79 Å². The van der Waals surface area contributed by atoms with Gasteiger partial charge < -0.3 is 9.47 Å². The second kappa shape index (κ2) is 5.98. The van der Waals surface area contributed by atoms with Crippen molar-refractivity contribution in [1.82, 2.24) is 19.6 Å². The molecule has 0 atom stereocenters. The van der Waals surface area contributed by atoms with Gasteiger partial charge in [-0.1, -0.05) is 6.07 Å². The molecular weight excluding hydrogens is 344 g/mol. The molecule has 0 spiro atoms. The first-order valence-corrected chi connectivity index (χ1v) is 8.64. The molecule has 1 aliphatic heterocycles. The second-order valence-electron chi connectivity index (χ2n) is 6.32. The van der Waals surface area contributed by atoms with Gasteiger partial charge in [0.15, 0.2) is 17.1 Å². The Hall–Kier alpha value is -3.61. The normalized spacial score (nSPS) is 13.1. The van der Waals surface area contributed by atoms with Crippen LogP contribution < -0.4 is 15.0 Å². The Balaban J connectivity index is 1.72. The van der Waals surface area contributed by atoms with Crippen molar-refractivity contribution < 1.29 is 9.47 Å². The Labute approximate surface area is 154 Å². The molecule has 27 heavy (non-hydrogen) atoms. The number of H-pyrrole nitrogens is 1. The largest absolute Gasteiger partial charge is 0.486 e. The summed E-state index contributed by atoms with van der Waals surface area (Å²) in [6.45, 7) is 2.95. The van der Waals surface area contributed by atoms with Crippen LogP contribution in [0.3, 0.4) is 0 Å². The molecule has 0 bridgehead atoms. The van der Waals surface area contributed by atoms with E-state index in [0.29, 0.717) is 36.1 Å². The van der Waals surface area contributed by atoms with Crippen molar-refractivity contribution in [2.75, 3.05) is 13.2 Å². The summed E-state index contributed by atoms with van der Waals surface area (Å²) < 4.78 is 12.7. The maximum atomic E-state index is 12.7. The number of benzene rings is 1. The van der Waals surface area contributed by atoms with Crippen LogP contribution in [0.1, 0.15) is 5.69 Å². The van der Waals surface area contributed by atoms with Crippen LogP contribution in [-0.4, -0.2) is 32.8 Å². The van der Waals surface area contributed by atoms with Gasteiger partial charge in [-0.25, -0.2) is 9.50 Å². The predicted octanol–water partition coefficient (Wildman–Crippen LogP) is 2.83. The van der Waals surface area contributed by atoms with E-state index < -0.39 is 0 Å².